The monoisotopic (exact) mass is 256 g/mol. The highest BCUT2D eigenvalue weighted by molar-refractivity contribution is 7.80. The van der Waals surface area contributed by atoms with Crippen LogP contribution in [0.2, 0.25) is 0 Å². The van der Waals surface area contributed by atoms with Gasteiger partial charge in [0.2, 0.25) is 0 Å². The van der Waals surface area contributed by atoms with Crippen molar-refractivity contribution in [3.63, 3.8) is 0 Å². The molecule has 0 aliphatic rings. The molecule has 18 heavy (non-hydrogen) atoms. The summed E-state index contributed by atoms with van der Waals surface area (Å²) in [6.07, 6.45) is 0. The lowest BCUT2D eigenvalue weighted by Gasteiger charge is -2.05. The van der Waals surface area contributed by atoms with Crippen LogP contribution in [0, 0.1) is 0 Å². The van der Waals surface area contributed by atoms with Crippen molar-refractivity contribution >= 4 is 28.8 Å². The second-order valence-electron chi connectivity index (χ2n) is 3.76. The predicted octanol–water partition coefficient (Wildman–Crippen LogP) is 2.57. The van der Waals surface area contributed by atoms with Gasteiger partial charge in [0.15, 0.2) is 0 Å². The summed E-state index contributed by atoms with van der Waals surface area (Å²) in [5, 5.41) is 2.80. The van der Waals surface area contributed by atoms with E-state index in [9.17, 15) is 4.79 Å². The minimum Gasteiger partial charge on any atom is -0.389 e. The molecule has 0 aromatic heterocycles. The molecule has 0 radical (unpaired) electrons. The number of thiocarbonyl (C=S) groups is 1. The third kappa shape index (κ3) is 2.93. The quantitative estimate of drug-likeness (QED) is 0.830. The first-order valence-corrected chi connectivity index (χ1v) is 5.84. The van der Waals surface area contributed by atoms with Gasteiger partial charge in [-0.2, -0.15) is 0 Å². The molecule has 0 atom stereocenters. The van der Waals surface area contributed by atoms with Crippen LogP contribution in [0.4, 0.5) is 5.69 Å². The van der Waals surface area contributed by atoms with Gasteiger partial charge in [-0.05, 0) is 24.3 Å². The maximum absolute atomic E-state index is 11.9. The molecule has 1 amide bonds. The zero-order chi connectivity index (χ0) is 13.0. The molecule has 4 heteroatoms. The van der Waals surface area contributed by atoms with Crippen LogP contribution < -0.4 is 11.1 Å². The SMILES string of the molecule is NC(=S)c1ccc(C(=O)Nc2ccccc2)cc1. The van der Waals surface area contributed by atoms with Crippen molar-refractivity contribution in [1.82, 2.24) is 0 Å². The van der Waals surface area contributed by atoms with Gasteiger partial charge in [-0.3, -0.25) is 4.79 Å². The normalized spacial score (nSPS) is 9.78. The van der Waals surface area contributed by atoms with Crippen molar-refractivity contribution in [3.8, 4) is 0 Å². The third-order valence-electron chi connectivity index (χ3n) is 2.46. The van der Waals surface area contributed by atoms with Crippen molar-refractivity contribution in [2.75, 3.05) is 5.32 Å². The number of anilines is 1. The average Bonchev–Trinajstić information content (AvgIpc) is 2.40. The van der Waals surface area contributed by atoms with Gasteiger partial charge in [-0.25, -0.2) is 0 Å². The molecule has 0 spiro atoms. The van der Waals surface area contributed by atoms with E-state index in [1.54, 1.807) is 24.3 Å². The summed E-state index contributed by atoms with van der Waals surface area (Å²) < 4.78 is 0. The maximum atomic E-state index is 11.9. The van der Waals surface area contributed by atoms with Crippen molar-refractivity contribution < 1.29 is 4.79 Å². The van der Waals surface area contributed by atoms with Gasteiger partial charge in [-0.15, -0.1) is 0 Å². The molecule has 0 saturated heterocycles. The summed E-state index contributed by atoms with van der Waals surface area (Å²) in [6.45, 7) is 0. The van der Waals surface area contributed by atoms with E-state index in [4.69, 9.17) is 18.0 Å². The predicted molar refractivity (Wildman–Crippen MR) is 76.7 cm³/mol. The molecule has 90 valence electrons. The molecule has 2 aromatic rings. The van der Waals surface area contributed by atoms with Gasteiger partial charge in [-0.1, -0.05) is 42.5 Å². The lowest BCUT2D eigenvalue weighted by Crippen LogP contribution is -2.13. The Morgan fingerprint density at radius 2 is 1.50 bits per heavy atom. The number of para-hydroxylation sites is 1. The van der Waals surface area contributed by atoms with Gasteiger partial charge in [0.05, 0.1) is 0 Å². The summed E-state index contributed by atoms with van der Waals surface area (Å²) in [7, 11) is 0. The van der Waals surface area contributed by atoms with Gasteiger partial charge >= 0.3 is 0 Å². The van der Waals surface area contributed by atoms with E-state index in [1.165, 1.54) is 0 Å². The summed E-state index contributed by atoms with van der Waals surface area (Å²) in [4.78, 5) is 12.2. The molecule has 3 N–H and O–H groups in total. The van der Waals surface area contributed by atoms with Crippen molar-refractivity contribution in [1.29, 1.82) is 0 Å². The van der Waals surface area contributed by atoms with E-state index < -0.39 is 0 Å². The molecule has 0 unspecified atom stereocenters. The van der Waals surface area contributed by atoms with Crippen molar-refractivity contribution in [2.45, 2.75) is 0 Å². The number of rotatable bonds is 3. The van der Waals surface area contributed by atoms with Crippen molar-refractivity contribution in [3.05, 3.63) is 65.7 Å². The molecule has 0 aliphatic carbocycles. The molecule has 3 nitrogen and oxygen atoms in total. The number of carbonyl (C=O) groups is 1. The van der Waals surface area contributed by atoms with Crippen LogP contribution in [-0.2, 0) is 0 Å². The Kier molecular flexibility index (Phi) is 3.69. The Morgan fingerprint density at radius 3 is 2.06 bits per heavy atom. The molecule has 0 heterocycles. The zero-order valence-electron chi connectivity index (χ0n) is 9.59. The number of benzene rings is 2. The highest BCUT2D eigenvalue weighted by atomic mass is 32.1. The minimum atomic E-state index is -0.157. The minimum absolute atomic E-state index is 0.157. The molecule has 0 aliphatic heterocycles. The molecule has 2 aromatic carbocycles. The molecular weight excluding hydrogens is 244 g/mol. The van der Waals surface area contributed by atoms with Crippen LogP contribution in [0.3, 0.4) is 0 Å². The molecule has 0 saturated carbocycles. The molecule has 0 bridgehead atoms. The van der Waals surface area contributed by atoms with Crippen LogP contribution >= 0.6 is 12.2 Å². The number of carbonyl (C=O) groups excluding carboxylic acids is 1. The average molecular weight is 256 g/mol. The summed E-state index contributed by atoms with van der Waals surface area (Å²) in [6, 6.07) is 16.2. The standard InChI is InChI=1S/C14H12N2OS/c15-13(18)10-6-8-11(9-7-10)14(17)16-12-4-2-1-3-5-12/h1-9H,(H2,15,18)(H,16,17). The number of nitrogens with one attached hydrogen (secondary N) is 1. The van der Waals surface area contributed by atoms with Gasteiger partial charge in [0, 0.05) is 16.8 Å². The van der Waals surface area contributed by atoms with Crippen LogP contribution in [0.1, 0.15) is 15.9 Å². The Balaban J connectivity index is 2.12. The second kappa shape index (κ2) is 5.42. The lowest BCUT2D eigenvalue weighted by atomic mass is 10.1. The van der Waals surface area contributed by atoms with Crippen LogP contribution in [-0.4, -0.2) is 10.9 Å². The Labute approximate surface area is 111 Å². The summed E-state index contributed by atoms with van der Waals surface area (Å²) in [5.41, 5.74) is 7.58. The topological polar surface area (TPSA) is 55.1 Å². The first-order chi connectivity index (χ1) is 8.66. The third-order valence-corrected chi connectivity index (χ3v) is 2.70. The fraction of sp³-hybridized carbons (Fsp3) is 0. The van der Waals surface area contributed by atoms with E-state index in [0.717, 1.165) is 11.3 Å². The number of hydrogen-bond donors (Lipinski definition) is 2. The van der Waals surface area contributed by atoms with E-state index in [2.05, 4.69) is 5.32 Å². The number of hydrogen-bond acceptors (Lipinski definition) is 2. The Morgan fingerprint density at radius 1 is 0.944 bits per heavy atom. The highest BCUT2D eigenvalue weighted by Gasteiger charge is 2.06. The molecule has 2 rings (SSSR count). The van der Waals surface area contributed by atoms with Gasteiger partial charge in [0.25, 0.3) is 5.91 Å². The van der Waals surface area contributed by atoms with E-state index >= 15 is 0 Å². The van der Waals surface area contributed by atoms with Gasteiger partial charge in [0.1, 0.15) is 4.99 Å². The van der Waals surface area contributed by atoms with Crippen LogP contribution in [0.5, 0.6) is 0 Å². The molecular formula is C14H12N2OS. The molecule has 0 fully saturated rings. The van der Waals surface area contributed by atoms with E-state index in [0.29, 0.717) is 10.6 Å². The fourth-order valence-corrected chi connectivity index (χ4v) is 1.65. The first kappa shape index (κ1) is 12.3. The lowest BCUT2D eigenvalue weighted by molar-refractivity contribution is 0.102. The smallest absolute Gasteiger partial charge is 0.255 e. The summed E-state index contributed by atoms with van der Waals surface area (Å²) >= 11 is 4.85. The Hall–Kier alpha value is -2.20. The second-order valence-corrected chi connectivity index (χ2v) is 4.20. The van der Waals surface area contributed by atoms with Crippen molar-refractivity contribution in [2.24, 2.45) is 5.73 Å². The zero-order valence-corrected chi connectivity index (χ0v) is 10.4. The van der Waals surface area contributed by atoms with Gasteiger partial charge < -0.3 is 11.1 Å². The van der Waals surface area contributed by atoms with Crippen LogP contribution in [0.25, 0.3) is 0 Å². The summed E-state index contributed by atoms with van der Waals surface area (Å²) in [5.74, 6) is -0.157. The maximum Gasteiger partial charge on any atom is 0.255 e. The van der Waals surface area contributed by atoms with Crippen LogP contribution in [0.15, 0.2) is 54.6 Å². The number of nitrogens with two attached hydrogens (primary N) is 1. The highest BCUT2D eigenvalue weighted by Crippen LogP contribution is 2.09. The fourth-order valence-electron chi connectivity index (χ4n) is 1.51. The van der Waals surface area contributed by atoms with E-state index in [1.807, 2.05) is 30.3 Å². The van der Waals surface area contributed by atoms with E-state index in [-0.39, 0.29) is 5.91 Å². The first-order valence-electron chi connectivity index (χ1n) is 5.43. The largest absolute Gasteiger partial charge is 0.389 e. The Bertz CT molecular complexity index is 564. The number of amides is 1.